The molecule has 0 aromatic rings. The fourth-order valence-electron chi connectivity index (χ4n) is 0.874. The number of amides is 1. The fourth-order valence-corrected chi connectivity index (χ4v) is 0.968. The Balaban J connectivity index is 2.16. The Morgan fingerprint density at radius 1 is 1.73 bits per heavy atom. The molecule has 1 fully saturated rings. The van der Waals surface area contributed by atoms with Gasteiger partial charge < -0.3 is 14.4 Å². The summed E-state index contributed by atoms with van der Waals surface area (Å²) in [6.07, 6.45) is -0.203. The van der Waals surface area contributed by atoms with Crippen molar-refractivity contribution in [3.8, 4) is 0 Å². The third kappa shape index (κ3) is 1.97. The predicted octanol–water partition coefficient (Wildman–Crippen LogP) is 0.650. The fraction of sp³-hybridized carbons (Fsp3) is 0.833. The van der Waals surface area contributed by atoms with Crippen molar-refractivity contribution >= 4 is 17.7 Å². The van der Waals surface area contributed by atoms with E-state index in [1.54, 1.807) is 7.11 Å². The number of hydrogen-bond acceptors (Lipinski definition) is 3. The van der Waals surface area contributed by atoms with Gasteiger partial charge in [-0.3, -0.25) is 0 Å². The highest BCUT2D eigenvalue weighted by molar-refractivity contribution is 6.17. The Kier molecular flexibility index (Phi) is 2.96. The van der Waals surface area contributed by atoms with Crippen molar-refractivity contribution in [2.24, 2.45) is 0 Å². The number of carbonyl (C=O) groups is 1. The van der Waals surface area contributed by atoms with Gasteiger partial charge in [0.25, 0.3) is 0 Å². The molecule has 5 heteroatoms. The summed E-state index contributed by atoms with van der Waals surface area (Å²) in [7, 11) is 1.62. The third-order valence-corrected chi connectivity index (χ3v) is 1.73. The zero-order valence-corrected chi connectivity index (χ0v) is 7.00. The molecule has 1 aliphatic rings. The maximum Gasteiger partial charge on any atom is 0.411 e. The predicted molar refractivity (Wildman–Crippen MR) is 39.6 cm³/mol. The van der Waals surface area contributed by atoms with E-state index in [0.29, 0.717) is 13.1 Å². The first-order valence-electron chi connectivity index (χ1n) is 3.28. The van der Waals surface area contributed by atoms with Crippen molar-refractivity contribution in [3.63, 3.8) is 0 Å². The monoisotopic (exact) mass is 179 g/mol. The molecule has 64 valence electrons. The van der Waals surface area contributed by atoms with Crippen molar-refractivity contribution < 1.29 is 14.3 Å². The molecule has 0 atom stereocenters. The highest BCUT2D eigenvalue weighted by Gasteiger charge is 2.31. The molecule has 0 aromatic heterocycles. The lowest BCUT2D eigenvalue weighted by atomic mass is 10.2. The van der Waals surface area contributed by atoms with Crippen molar-refractivity contribution in [2.45, 2.75) is 6.10 Å². The molecular formula is C6H10ClNO3. The second kappa shape index (κ2) is 3.78. The van der Waals surface area contributed by atoms with Gasteiger partial charge in [-0.25, -0.2) is 4.79 Å². The number of alkyl halides is 1. The molecule has 1 amide bonds. The van der Waals surface area contributed by atoms with Gasteiger partial charge in [0.2, 0.25) is 0 Å². The van der Waals surface area contributed by atoms with Crippen LogP contribution >= 0.6 is 11.6 Å². The Labute approximate surface area is 70.0 Å². The molecule has 0 unspecified atom stereocenters. The van der Waals surface area contributed by atoms with Crippen LogP contribution in [0.3, 0.4) is 0 Å². The van der Waals surface area contributed by atoms with Crippen molar-refractivity contribution in [3.05, 3.63) is 0 Å². The van der Waals surface area contributed by atoms with Crippen LogP contribution in [0.2, 0.25) is 0 Å². The lowest BCUT2D eigenvalue weighted by Gasteiger charge is -2.36. The highest BCUT2D eigenvalue weighted by atomic mass is 35.5. The number of hydrogen-bond donors (Lipinski definition) is 0. The van der Waals surface area contributed by atoms with Crippen molar-refractivity contribution in [2.75, 3.05) is 26.3 Å². The normalized spacial score (nSPS) is 17.8. The largest absolute Gasteiger partial charge is 0.433 e. The standard InChI is InChI=1S/C6H10ClNO3/c1-10-5-2-8(3-5)6(9)11-4-7/h5H,2-4H2,1H3. The van der Waals surface area contributed by atoms with Crippen molar-refractivity contribution in [1.29, 1.82) is 0 Å². The van der Waals surface area contributed by atoms with E-state index in [-0.39, 0.29) is 18.3 Å². The summed E-state index contributed by atoms with van der Waals surface area (Å²) in [5, 5.41) is 0. The third-order valence-electron chi connectivity index (χ3n) is 1.62. The van der Waals surface area contributed by atoms with E-state index in [2.05, 4.69) is 4.74 Å². The first kappa shape index (κ1) is 8.62. The second-order valence-corrected chi connectivity index (χ2v) is 2.50. The molecule has 1 saturated heterocycles. The molecule has 0 saturated carbocycles. The van der Waals surface area contributed by atoms with Gasteiger partial charge in [0.05, 0.1) is 19.2 Å². The van der Waals surface area contributed by atoms with Gasteiger partial charge >= 0.3 is 6.09 Å². The minimum Gasteiger partial charge on any atom is -0.433 e. The molecule has 1 heterocycles. The number of ether oxygens (including phenoxy) is 2. The van der Waals surface area contributed by atoms with Crippen LogP contribution in [0, 0.1) is 0 Å². The number of methoxy groups -OCH3 is 1. The van der Waals surface area contributed by atoms with E-state index in [1.807, 2.05) is 0 Å². The smallest absolute Gasteiger partial charge is 0.411 e. The first-order valence-corrected chi connectivity index (χ1v) is 3.82. The summed E-state index contributed by atoms with van der Waals surface area (Å²) in [5.74, 6) is 0. The number of rotatable bonds is 2. The quantitative estimate of drug-likeness (QED) is 0.585. The summed E-state index contributed by atoms with van der Waals surface area (Å²) < 4.78 is 9.50. The average Bonchev–Trinajstić information content (AvgIpc) is 1.86. The van der Waals surface area contributed by atoms with E-state index in [9.17, 15) is 4.79 Å². The minimum absolute atomic E-state index is 0.0903. The summed E-state index contributed by atoms with van der Waals surface area (Å²) in [6.45, 7) is 1.21. The molecule has 0 N–H and O–H groups in total. The molecule has 1 rings (SSSR count). The molecule has 0 aromatic carbocycles. The van der Waals surface area contributed by atoms with Crippen LogP contribution in [0.15, 0.2) is 0 Å². The van der Waals surface area contributed by atoms with E-state index in [4.69, 9.17) is 16.3 Å². The van der Waals surface area contributed by atoms with Crippen LogP contribution in [0.1, 0.15) is 0 Å². The maximum absolute atomic E-state index is 10.9. The Morgan fingerprint density at radius 3 is 2.82 bits per heavy atom. The van der Waals surface area contributed by atoms with Gasteiger partial charge in [-0.05, 0) is 0 Å². The van der Waals surface area contributed by atoms with Gasteiger partial charge in [0.1, 0.15) is 0 Å². The highest BCUT2D eigenvalue weighted by Crippen LogP contribution is 2.11. The zero-order valence-electron chi connectivity index (χ0n) is 6.25. The van der Waals surface area contributed by atoms with Gasteiger partial charge in [0.15, 0.2) is 6.07 Å². The molecule has 0 spiro atoms. The molecule has 0 radical (unpaired) electrons. The molecule has 0 bridgehead atoms. The van der Waals surface area contributed by atoms with Crippen LogP contribution in [0.5, 0.6) is 0 Å². The van der Waals surface area contributed by atoms with Crippen LogP contribution in [0.4, 0.5) is 4.79 Å². The van der Waals surface area contributed by atoms with Crippen LogP contribution < -0.4 is 0 Å². The van der Waals surface area contributed by atoms with Gasteiger partial charge in [-0.1, -0.05) is 11.6 Å². The topological polar surface area (TPSA) is 38.8 Å². The van der Waals surface area contributed by atoms with Crippen LogP contribution in [-0.2, 0) is 9.47 Å². The van der Waals surface area contributed by atoms with E-state index >= 15 is 0 Å². The van der Waals surface area contributed by atoms with Crippen LogP contribution in [-0.4, -0.2) is 43.4 Å². The van der Waals surface area contributed by atoms with Gasteiger partial charge in [0, 0.05) is 7.11 Å². The SMILES string of the molecule is COC1CN(C(=O)OCCl)C1. The number of likely N-dealkylation sites (tertiary alicyclic amines) is 1. The lowest BCUT2D eigenvalue weighted by Crippen LogP contribution is -2.54. The molecular weight excluding hydrogens is 170 g/mol. The van der Waals surface area contributed by atoms with E-state index in [0.717, 1.165) is 0 Å². The summed E-state index contributed by atoms with van der Waals surface area (Å²) in [6, 6.07) is -0.0903. The summed E-state index contributed by atoms with van der Waals surface area (Å²) >= 11 is 5.19. The molecule has 11 heavy (non-hydrogen) atoms. The maximum atomic E-state index is 10.9. The first-order chi connectivity index (χ1) is 5.27. The summed E-state index contributed by atoms with van der Waals surface area (Å²) in [5.41, 5.74) is 0. The number of nitrogens with zero attached hydrogens (tertiary/aromatic N) is 1. The summed E-state index contributed by atoms with van der Waals surface area (Å²) in [4.78, 5) is 12.4. The lowest BCUT2D eigenvalue weighted by molar-refractivity contribution is -0.0243. The minimum atomic E-state index is -0.367. The number of halogens is 1. The molecule has 1 aliphatic heterocycles. The molecule has 4 nitrogen and oxygen atoms in total. The van der Waals surface area contributed by atoms with Crippen molar-refractivity contribution in [1.82, 2.24) is 4.90 Å². The van der Waals surface area contributed by atoms with E-state index in [1.165, 1.54) is 4.90 Å². The average molecular weight is 180 g/mol. The number of carbonyl (C=O) groups excluding carboxylic acids is 1. The Bertz CT molecular complexity index is 147. The van der Waals surface area contributed by atoms with E-state index < -0.39 is 0 Å². The second-order valence-electron chi connectivity index (χ2n) is 2.28. The van der Waals surface area contributed by atoms with Gasteiger partial charge in [-0.2, -0.15) is 0 Å². The van der Waals surface area contributed by atoms with Crippen LogP contribution in [0.25, 0.3) is 0 Å². The Morgan fingerprint density at radius 2 is 2.36 bits per heavy atom. The zero-order chi connectivity index (χ0) is 8.27. The van der Waals surface area contributed by atoms with Gasteiger partial charge in [-0.15, -0.1) is 0 Å². The molecule has 0 aliphatic carbocycles. The Hall–Kier alpha value is -0.480.